The van der Waals surface area contributed by atoms with E-state index in [1.54, 1.807) is 12.1 Å². The van der Waals surface area contributed by atoms with Crippen LogP contribution < -0.4 is 5.32 Å². The summed E-state index contributed by atoms with van der Waals surface area (Å²) in [5, 5.41) is 2.94. The summed E-state index contributed by atoms with van der Waals surface area (Å²) in [6.07, 6.45) is 6.28. The molecule has 0 spiro atoms. The van der Waals surface area contributed by atoms with Gasteiger partial charge in [0.05, 0.1) is 12.2 Å². The maximum atomic E-state index is 11.9. The minimum Gasteiger partial charge on any atom is -0.462 e. The Hall–Kier alpha value is -2.62. The molecule has 4 nitrogen and oxygen atoms in total. The van der Waals surface area contributed by atoms with Crippen molar-refractivity contribution in [1.29, 1.82) is 0 Å². The van der Waals surface area contributed by atoms with Gasteiger partial charge in [0.2, 0.25) is 0 Å². The lowest BCUT2D eigenvalue weighted by atomic mass is 10.1. The second-order valence-electron chi connectivity index (χ2n) is 6.25. The number of benzene rings is 2. The van der Waals surface area contributed by atoms with E-state index in [-0.39, 0.29) is 11.9 Å². The highest BCUT2D eigenvalue weighted by Gasteiger charge is 2.05. The van der Waals surface area contributed by atoms with Gasteiger partial charge in [-0.15, -0.1) is 0 Å². The van der Waals surface area contributed by atoms with Crippen LogP contribution >= 0.6 is 0 Å². The highest BCUT2D eigenvalue weighted by molar-refractivity contribution is 5.94. The smallest absolute Gasteiger partial charge is 0.338 e. The van der Waals surface area contributed by atoms with Gasteiger partial charge in [0, 0.05) is 12.1 Å². The van der Waals surface area contributed by atoms with Crippen LogP contribution in [0.5, 0.6) is 0 Å². The van der Waals surface area contributed by atoms with E-state index in [1.807, 2.05) is 48.5 Å². The molecule has 2 aromatic carbocycles. The first-order valence-corrected chi connectivity index (χ1v) is 9.33. The molecular weight excluding hydrogens is 326 g/mol. The van der Waals surface area contributed by atoms with Gasteiger partial charge in [0.1, 0.15) is 0 Å². The average Bonchev–Trinajstić information content (AvgIpc) is 2.70. The molecule has 0 aliphatic rings. The Balaban J connectivity index is 1.41. The number of nitrogens with one attached hydrogen (secondary N) is 1. The summed E-state index contributed by atoms with van der Waals surface area (Å²) in [4.78, 5) is 23.6. The van der Waals surface area contributed by atoms with Gasteiger partial charge in [-0.3, -0.25) is 4.79 Å². The molecule has 0 radical (unpaired) electrons. The first-order chi connectivity index (χ1) is 12.8. The third-order valence-corrected chi connectivity index (χ3v) is 4.14. The van der Waals surface area contributed by atoms with Crippen LogP contribution in [0.2, 0.25) is 0 Å². The summed E-state index contributed by atoms with van der Waals surface area (Å²) in [5.41, 5.74) is 1.31. The lowest BCUT2D eigenvalue weighted by molar-refractivity contribution is 0.0497. The average molecular weight is 353 g/mol. The van der Waals surface area contributed by atoms with Crippen molar-refractivity contribution in [1.82, 2.24) is 5.32 Å². The van der Waals surface area contributed by atoms with Gasteiger partial charge in [-0.25, -0.2) is 4.79 Å². The Kier molecular flexibility index (Phi) is 8.98. The van der Waals surface area contributed by atoms with E-state index >= 15 is 0 Å². The lowest BCUT2D eigenvalue weighted by Gasteiger charge is -2.06. The van der Waals surface area contributed by atoms with Crippen LogP contribution in [-0.2, 0) is 4.74 Å². The van der Waals surface area contributed by atoms with Crippen LogP contribution in [0.15, 0.2) is 60.7 Å². The maximum absolute atomic E-state index is 11.9. The highest BCUT2D eigenvalue weighted by Crippen LogP contribution is 2.07. The highest BCUT2D eigenvalue weighted by atomic mass is 16.5. The van der Waals surface area contributed by atoms with E-state index in [9.17, 15) is 9.59 Å². The summed E-state index contributed by atoms with van der Waals surface area (Å²) in [6, 6.07) is 18.3. The van der Waals surface area contributed by atoms with Crippen LogP contribution in [0.4, 0.5) is 0 Å². The molecule has 0 fully saturated rings. The molecule has 2 rings (SSSR count). The fourth-order valence-corrected chi connectivity index (χ4v) is 2.65. The molecular formula is C22H27NO3. The van der Waals surface area contributed by atoms with E-state index in [0.29, 0.717) is 24.3 Å². The first-order valence-electron chi connectivity index (χ1n) is 9.33. The molecule has 0 saturated carbocycles. The number of carbonyl (C=O) groups excluding carboxylic acids is 2. The van der Waals surface area contributed by atoms with Crippen molar-refractivity contribution in [3.8, 4) is 0 Å². The van der Waals surface area contributed by atoms with Crippen LogP contribution in [-0.4, -0.2) is 25.0 Å². The monoisotopic (exact) mass is 353 g/mol. The van der Waals surface area contributed by atoms with Gasteiger partial charge in [0.25, 0.3) is 5.91 Å². The predicted molar refractivity (Wildman–Crippen MR) is 103 cm³/mol. The Morgan fingerprint density at radius 3 is 1.88 bits per heavy atom. The fourth-order valence-electron chi connectivity index (χ4n) is 2.65. The molecule has 0 aromatic heterocycles. The number of ether oxygens (including phenoxy) is 1. The maximum Gasteiger partial charge on any atom is 0.338 e. The minimum atomic E-state index is -0.250. The largest absolute Gasteiger partial charge is 0.462 e. The molecule has 1 N–H and O–H groups in total. The Morgan fingerprint density at radius 2 is 1.23 bits per heavy atom. The molecule has 0 aliphatic carbocycles. The van der Waals surface area contributed by atoms with Crippen molar-refractivity contribution < 1.29 is 14.3 Å². The van der Waals surface area contributed by atoms with Gasteiger partial charge < -0.3 is 10.1 Å². The number of carbonyl (C=O) groups is 2. The first kappa shape index (κ1) is 19.7. The zero-order chi connectivity index (χ0) is 18.5. The fraction of sp³-hybridized carbons (Fsp3) is 0.364. The summed E-state index contributed by atoms with van der Waals surface area (Å²) in [6.45, 7) is 1.18. The quantitative estimate of drug-likeness (QED) is 0.474. The zero-order valence-corrected chi connectivity index (χ0v) is 15.2. The Morgan fingerprint density at radius 1 is 0.692 bits per heavy atom. The van der Waals surface area contributed by atoms with Crippen molar-refractivity contribution in [2.24, 2.45) is 0 Å². The number of amides is 1. The second-order valence-corrected chi connectivity index (χ2v) is 6.25. The summed E-state index contributed by atoms with van der Waals surface area (Å²) >= 11 is 0. The molecule has 0 bridgehead atoms. The molecule has 1 amide bonds. The van der Waals surface area contributed by atoms with Crippen molar-refractivity contribution in [3.05, 3.63) is 71.8 Å². The van der Waals surface area contributed by atoms with Crippen LogP contribution in [0.1, 0.15) is 59.2 Å². The van der Waals surface area contributed by atoms with Crippen molar-refractivity contribution >= 4 is 11.9 Å². The van der Waals surface area contributed by atoms with E-state index < -0.39 is 0 Å². The summed E-state index contributed by atoms with van der Waals surface area (Å²) < 4.78 is 5.26. The molecule has 2 aromatic rings. The number of unbranched alkanes of at least 4 members (excludes halogenated alkanes) is 5. The summed E-state index contributed by atoms with van der Waals surface area (Å²) in [7, 11) is 0. The van der Waals surface area contributed by atoms with Crippen molar-refractivity contribution in [3.63, 3.8) is 0 Å². The standard InChI is InChI=1S/C22H27NO3/c24-21(19-13-7-5-8-14-19)23-17-11-3-1-2-4-12-18-26-22(25)20-15-9-6-10-16-20/h5-10,13-16H,1-4,11-12,17-18H2,(H,23,24). The number of hydrogen-bond acceptors (Lipinski definition) is 3. The molecule has 4 heteroatoms. The molecule has 0 heterocycles. The molecule has 0 aliphatic heterocycles. The molecule has 0 atom stereocenters. The number of hydrogen-bond donors (Lipinski definition) is 1. The Labute approximate surface area is 155 Å². The van der Waals surface area contributed by atoms with E-state index in [2.05, 4.69) is 5.32 Å². The van der Waals surface area contributed by atoms with Crippen molar-refractivity contribution in [2.45, 2.75) is 38.5 Å². The molecule has 138 valence electrons. The predicted octanol–water partition coefficient (Wildman–Crippen LogP) is 4.61. The Bertz CT molecular complexity index is 596. The second kappa shape index (κ2) is 11.9. The van der Waals surface area contributed by atoms with Crippen LogP contribution in [0, 0.1) is 0 Å². The van der Waals surface area contributed by atoms with Crippen LogP contribution in [0.25, 0.3) is 0 Å². The van der Waals surface area contributed by atoms with Gasteiger partial charge in [-0.2, -0.15) is 0 Å². The van der Waals surface area contributed by atoms with Gasteiger partial charge in [-0.1, -0.05) is 62.1 Å². The molecule has 0 saturated heterocycles. The van der Waals surface area contributed by atoms with Gasteiger partial charge in [-0.05, 0) is 37.1 Å². The third-order valence-electron chi connectivity index (χ3n) is 4.14. The lowest BCUT2D eigenvalue weighted by Crippen LogP contribution is -2.24. The third kappa shape index (κ3) is 7.51. The van der Waals surface area contributed by atoms with Gasteiger partial charge in [0.15, 0.2) is 0 Å². The van der Waals surface area contributed by atoms with Crippen LogP contribution in [0.3, 0.4) is 0 Å². The zero-order valence-electron chi connectivity index (χ0n) is 15.2. The molecule has 0 unspecified atom stereocenters. The topological polar surface area (TPSA) is 55.4 Å². The normalized spacial score (nSPS) is 10.3. The summed E-state index contributed by atoms with van der Waals surface area (Å²) in [5.74, 6) is -0.259. The SMILES string of the molecule is O=C(NCCCCCCCCOC(=O)c1ccccc1)c1ccccc1. The minimum absolute atomic E-state index is 0.00849. The van der Waals surface area contributed by atoms with E-state index in [0.717, 1.165) is 38.5 Å². The van der Waals surface area contributed by atoms with Crippen molar-refractivity contribution in [2.75, 3.05) is 13.2 Å². The van der Waals surface area contributed by atoms with E-state index in [4.69, 9.17) is 4.74 Å². The molecule has 26 heavy (non-hydrogen) atoms. The van der Waals surface area contributed by atoms with E-state index in [1.165, 1.54) is 0 Å². The van der Waals surface area contributed by atoms with Gasteiger partial charge >= 0.3 is 5.97 Å². The number of rotatable bonds is 11. The number of esters is 1.